The van der Waals surface area contributed by atoms with E-state index in [2.05, 4.69) is 206 Å². The Labute approximate surface area is 369 Å². The molecule has 11 aromatic carbocycles. The molecule has 0 aliphatic heterocycles. The smallest absolute Gasteiger partial charge is 0.0972 e. The highest BCUT2D eigenvalue weighted by Gasteiger charge is 2.31. The molecule has 1 aliphatic carbocycles. The third-order valence-corrected chi connectivity index (χ3v) is 13.8. The van der Waals surface area contributed by atoms with Crippen molar-refractivity contribution in [3.8, 4) is 66.9 Å². The van der Waals surface area contributed by atoms with Gasteiger partial charge in [0.25, 0.3) is 0 Å². The molecule has 294 valence electrons. The molecule has 0 unspecified atom stereocenters. The number of nitrogens with zero attached hydrogens (tertiary/aromatic N) is 2. The quantitative estimate of drug-likeness (QED) is 0.166. The van der Waals surface area contributed by atoms with E-state index < -0.39 is 0 Å². The molecule has 2 heteroatoms. The van der Waals surface area contributed by atoms with Crippen LogP contribution < -0.4 is 0 Å². The summed E-state index contributed by atoms with van der Waals surface area (Å²) in [5.41, 5.74) is 16.6. The van der Waals surface area contributed by atoms with E-state index in [4.69, 9.17) is 9.97 Å². The number of pyridine rings is 2. The normalized spacial score (nSPS) is 12.1. The molecule has 0 N–H and O–H groups in total. The molecule has 0 atom stereocenters. The van der Waals surface area contributed by atoms with E-state index in [0.29, 0.717) is 0 Å². The van der Waals surface area contributed by atoms with Crippen LogP contribution >= 0.6 is 0 Å². The summed E-state index contributed by atoms with van der Waals surface area (Å²) >= 11 is 0. The minimum atomic E-state index is 0.925. The predicted molar refractivity (Wildman–Crippen MR) is 271 cm³/mol. The molecule has 0 radical (unpaired) electrons. The lowest BCUT2D eigenvalue weighted by molar-refractivity contribution is 1.37. The number of hydrogen-bond donors (Lipinski definition) is 0. The molecule has 1 aliphatic rings. The van der Waals surface area contributed by atoms with Crippen LogP contribution in [0.3, 0.4) is 0 Å². The monoisotopic (exact) mass is 808 g/mol. The zero-order valence-electron chi connectivity index (χ0n) is 34.7. The van der Waals surface area contributed by atoms with Crippen LogP contribution in [0, 0.1) is 0 Å². The minimum Gasteiger partial charge on any atom is -0.254 e. The minimum absolute atomic E-state index is 0.925. The van der Waals surface area contributed by atoms with Gasteiger partial charge in [-0.25, -0.2) is 4.98 Å². The third kappa shape index (κ3) is 4.96. The van der Waals surface area contributed by atoms with Crippen LogP contribution in [-0.2, 0) is 0 Å². The lowest BCUT2D eigenvalue weighted by Crippen LogP contribution is -1.93. The Kier molecular flexibility index (Phi) is 7.43. The maximum absolute atomic E-state index is 5.36. The van der Waals surface area contributed by atoms with Gasteiger partial charge in [0.1, 0.15) is 0 Å². The van der Waals surface area contributed by atoms with Gasteiger partial charge in [0.15, 0.2) is 0 Å². The first-order valence-corrected chi connectivity index (χ1v) is 22.1. The van der Waals surface area contributed by atoms with Crippen molar-refractivity contribution >= 4 is 75.7 Å². The van der Waals surface area contributed by atoms with Crippen LogP contribution in [0.15, 0.2) is 219 Å². The van der Waals surface area contributed by atoms with Gasteiger partial charge >= 0.3 is 0 Å². The van der Waals surface area contributed by atoms with Crippen molar-refractivity contribution in [2.45, 2.75) is 0 Å². The van der Waals surface area contributed by atoms with Crippen molar-refractivity contribution in [1.29, 1.82) is 0 Å². The van der Waals surface area contributed by atoms with Gasteiger partial charge in [0.05, 0.1) is 16.7 Å². The average Bonchev–Trinajstić information content (AvgIpc) is 3.70. The SMILES string of the molecule is c1ccc(-c2c3c(c(-c4ccccc4)c4ccccc24)-c2ccc(-c4cc5c6ccccc6c(-c6ccc7ccc8cccnc8c7n6)cc5c5ccccc45)c4cccc-3c24)cc1. The number of rotatable bonds is 4. The summed E-state index contributed by atoms with van der Waals surface area (Å²) in [4.78, 5) is 10.1. The molecule has 0 fully saturated rings. The van der Waals surface area contributed by atoms with E-state index in [1.807, 2.05) is 12.3 Å². The fourth-order valence-corrected chi connectivity index (χ4v) is 11.1. The zero-order chi connectivity index (χ0) is 41.9. The Morgan fingerprint density at radius 1 is 0.266 bits per heavy atom. The second-order valence-electron chi connectivity index (χ2n) is 17.1. The molecule has 13 aromatic rings. The van der Waals surface area contributed by atoms with Gasteiger partial charge in [-0.1, -0.05) is 188 Å². The fraction of sp³-hybridized carbons (Fsp3) is 0. The van der Waals surface area contributed by atoms with Gasteiger partial charge in [0.2, 0.25) is 0 Å². The Morgan fingerprint density at radius 2 is 0.766 bits per heavy atom. The summed E-state index contributed by atoms with van der Waals surface area (Å²) in [5, 5.41) is 14.6. The Hall–Kier alpha value is -8.46. The largest absolute Gasteiger partial charge is 0.254 e. The van der Waals surface area contributed by atoms with Crippen molar-refractivity contribution in [2.24, 2.45) is 0 Å². The van der Waals surface area contributed by atoms with Gasteiger partial charge in [0, 0.05) is 22.5 Å². The molecule has 2 nitrogen and oxygen atoms in total. The maximum Gasteiger partial charge on any atom is 0.0972 e. The molecular weight excluding hydrogens is 773 g/mol. The molecule has 0 saturated carbocycles. The first-order valence-electron chi connectivity index (χ1n) is 22.1. The highest BCUT2D eigenvalue weighted by molar-refractivity contribution is 6.30. The van der Waals surface area contributed by atoms with E-state index in [1.165, 1.54) is 109 Å². The van der Waals surface area contributed by atoms with Crippen LogP contribution in [0.5, 0.6) is 0 Å². The van der Waals surface area contributed by atoms with Crippen LogP contribution in [0.25, 0.3) is 143 Å². The van der Waals surface area contributed by atoms with Crippen LogP contribution in [0.4, 0.5) is 0 Å². The number of fused-ring (bicyclic) bond motifs is 12. The molecule has 0 saturated heterocycles. The topological polar surface area (TPSA) is 25.8 Å². The zero-order valence-corrected chi connectivity index (χ0v) is 34.7. The van der Waals surface area contributed by atoms with Gasteiger partial charge in [-0.2, -0.15) is 0 Å². The second kappa shape index (κ2) is 13.5. The average molecular weight is 809 g/mol. The summed E-state index contributed by atoms with van der Waals surface area (Å²) in [7, 11) is 0. The van der Waals surface area contributed by atoms with Crippen molar-refractivity contribution in [1.82, 2.24) is 9.97 Å². The summed E-state index contributed by atoms with van der Waals surface area (Å²) in [6, 6.07) is 78.1. The summed E-state index contributed by atoms with van der Waals surface area (Å²) in [6.45, 7) is 0. The molecule has 2 heterocycles. The van der Waals surface area contributed by atoms with Crippen LogP contribution in [0.1, 0.15) is 0 Å². The fourth-order valence-electron chi connectivity index (χ4n) is 11.1. The van der Waals surface area contributed by atoms with E-state index in [1.54, 1.807) is 0 Å². The number of hydrogen-bond acceptors (Lipinski definition) is 2. The number of benzene rings is 11. The second-order valence-corrected chi connectivity index (χ2v) is 17.1. The van der Waals surface area contributed by atoms with Gasteiger partial charge in [-0.15, -0.1) is 0 Å². The maximum atomic E-state index is 5.36. The molecule has 0 bridgehead atoms. The van der Waals surface area contributed by atoms with Crippen molar-refractivity contribution in [3.63, 3.8) is 0 Å². The van der Waals surface area contributed by atoms with Gasteiger partial charge in [-0.3, -0.25) is 4.98 Å². The van der Waals surface area contributed by atoms with Crippen LogP contribution in [0.2, 0.25) is 0 Å². The molecular formula is C62H36N2. The number of aromatic nitrogens is 2. The first kappa shape index (κ1) is 35.2. The van der Waals surface area contributed by atoms with Crippen LogP contribution in [-0.4, -0.2) is 9.97 Å². The van der Waals surface area contributed by atoms with Crippen molar-refractivity contribution in [3.05, 3.63) is 219 Å². The standard InChI is InChI=1S/C62H36N2/c1-3-15-37(16-4-1)56-47-24-11-12-25-48(47)57(38-17-5-2-6-18-38)60-50-32-31-45(46-26-13-27-49(58(46)50)59(56)60)51-35-52-43-22-9-10-23-44(43)54(36-53(52)42-21-8-7-20-41(42)51)55-33-30-40-29-28-39-19-14-34-63-61(39)62(40)64-55/h1-36H. The summed E-state index contributed by atoms with van der Waals surface area (Å²) in [5.74, 6) is 0. The lowest BCUT2D eigenvalue weighted by Gasteiger charge is -2.20. The summed E-state index contributed by atoms with van der Waals surface area (Å²) in [6.07, 6.45) is 1.86. The Balaban J connectivity index is 1.05. The molecule has 0 amide bonds. The molecule has 0 spiro atoms. The van der Waals surface area contributed by atoms with Gasteiger partial charge < -0.3 is 0 Å². The highest BCUT2D eigenvalue weighted by atomic mass is 14.8. The third-order valence-electron chi connectivity index (χ3n) is 13.8. The van der Waals surface area contributed by atoms with E-state index in [0.717, 1.165) is 33.1 Å². The predicted octanol–water partition coefficient (Wildman–Crippen LogP) is 16.9. The van der Waals surface area contributed by atoms with Crippen molar-refractivity contribution in [2.75, 3.05) is 0 Å². The van der Waals surface area contributed by atoms with E-state index >= 15 is 0 Å². The Morgan fingerprint density at radius 3 is 1.42 bits per heavy atom. The van der Waals surface area contributed by atoms with E-state index in [9.17, 15) is 0 Å². The molecule has 64 heavy (non-hydrogen) atoms. The summed E-state index contributed by atoms with van der Waals surface area (Å²) < 4.78 is 0. The van der Waals surface area contributed by atoms with Gasteiger partial charge in [-0.05, 0) is 134 Å². The molecule has 2 aromatic heterocycles. The van der Waals surface area contributed by atoms with Crippen molar-refractivity contribution < 1.29 is 0 Å². The van der Waals surface area contributed by atoms with E-state index in [-0.39, 0.29) is 0 Å². The first-order chi connectivity index (χ1) is 31.8. The Bertz CT molecular complexity index is 4020. The lowest BCUT2D eigenvalue weighted by atomic mass is 9.82. The molecule has 14 rings (SSSR count). The highest BCUT2D eigenvalue weighted by Crippen LogP contribution is 2.59.